The Bertz CT molecular complexity index is 914. The molecule has 2 aromatic rings. The number of anilines is 1. The van der Waals surface area contributed by atoms with Gasteiger partial charge in [0.05, 0.1) is 39.3 Å². The summed E-state index contributed by atoms with van der Waals surface area (Å²) in [6.45, 7) is 1.95. The number of hydrogen-bond acceptors (Lipinski definition) is 5. The van der Waals surface area contributed by atoms with Crippen molar-refractivity contribution in [3.63, 3.8) is 0 Å². The molecule has 0 saturated carbocycles. The Hall–Kier alpha value is -2.23. The zero-order valence-electron chi connectivity index (χ0n) is 14.8. The third-order valence-electron chi connectivity index (χ3n) is 4.71. The van der Waals surface area contributed by atoms with Gasteiger partial charge in [0, 0.05) is 18.3 Å². The van der Waals surface area contributed by atoms with E-state index in [2.05, 4.69) is 0 Å². The quantitative estimate of drug-likeness (QED) is 0.565. The first kappa shape index (κ1) is 20.5. The van der Waals surface area contributed by atoms with Gasteiger partial charge in [0.25, 0.3) is 5.91 Å². The molecular formula is C18H18ClF3N4OS. The number of carbonyl (C=O) groups is 1. The molecule has 150 valence electrons. The molecule has 10 heteroatoms. The van der Waals surface area contributed by atoms with Gasteiger partial charge in [-0.05, 0) is 30.5 Å². The Kier molecular flexibility index (Phi) is 5.60. The maximum Gasteiger partial charge on any atom is 0.417 e. The van der Waals surface area contributed by atoms with E-state index in [0.717, 1.165) is 11.8 Å². The first-order valence-corrected chi connectivity index (χ1v) is 9.67. The van der Waals surface area contributed by atoms with Gasteiger partial charge in [-0.3, -0.25) is 9.80 Å². The summed E-state index contributed by atoms with van der Waals surface area (Å²) in [5.41, 5.74) is 6.81. The van der Waals surface area contributed by atoms with Crippen LogP contribution in [-0.2, 0) is 6.18 Å². The molecule has 1 aromatic heterocycles. The molecule has 0 fully saturated rings. The van der Waals surface area contributed by atoms with E-state index in [9.17, 15) is 18.0 Å². The predicted octanol–water partition coefficient (Wildman–Crippen LogP) is 4.21. The summed E-state index contributed by atoms with van der Waals surface area (Å²) in [5, 5.41) is 4.61. The van der Waals surface area contributed by atoms with E-state index >= 15 is 0 Å². The lowest BCUT2D eigenvalue weighted by Gasteiger charge is -2.38. The van der Waals surface area contributed by atoms with Crippen molar-refractivity contribution in [1.82, 2.24) is 4.90 Å². The third-order valence-corrected chi connectivity index (χ3v) is 5.79. The lowest BCUT2D eigenvalue weighted by Crippen LogP contribution is -2.49. The minimum absolute atomic E-state index is 0.206. The summed E-state index contributed by atoms with van der Waals surface area (Å²) in [6.07, 6.45) is -4.28. The Morgan fingerprint density at radius 2 is 2.07 bits per heavy atom. The number of amides is 1. The number of hydrazine groups is 1. The number of carbonyl (C=O) groups excluding carboxylic acids is 1. The van der Waals surface area contributed by atoms with Gasteiger partial charge in [0.15, 0.2) is 0 Å². The first-order valence-electron chi connectivity index (χ1n) is 8.35. The number of rotatable bonds is 3. The standard InChI is InChI=1S/C18H18ClF3N4OS/c1-10-16(23)14(26(24)11-6-8-28-9-11)5-7-25(10)17(27)12-3-2-4-13(15(12)19)18(20,21)22/h2-4,6,8-10H,5,7,23-24H2,1H3. The van der Waals surface area contributed by atoms with Crippen LogP contribution in [0.1, 0.15) is 29.3 Å². The van der Waals surface area contributed by atoms with E-state index in [1.54, 1.807) is 6.92 Å². The fourth-order valence-electron chi connectivity index (χ4n) is 3.13. The normalized spacial score (nSPS) is 17.8. The zero-order chi connectivity index (χ0) is 20.6. The van der Waals surface area contributed by atoms with Crippen molar-refractivity contribution < 1.29 is 18.0 Å². The lowest BCUT2D eigenvalue weighted by molar-refractivity contribution is -0.137. The molecule has 3 rings (SSSR count). The van der Waals surface area contributed by atoms with Gasteiger partial charge in [-0.25, -0.2) is 5.84 Å². The van der Waals surface area contributed by atoms with Crippen LogP contribution in [-0.4, -0.2) is 23.4 Å². The van der Waals surface area contributed by atoms with Gasteiger partial charge in [-0.1, -0.05) is 17.7 Å². The molecule has 1 amide bonds. The second-order valence-electron chi connectivity index (χ2n) is 6.34. The molecule has 0 saturated heterocycles. The van der Waals surface area contributed by atoms with E-state index in [0.29, 0.717) is 17.8 Å². The average Bonchev–Trinajstić information content (AvgIpc) is 3.17. The number of nitrogens with two attached hydrogens (primary N) is 2. The van der Waals surface area contributed by atoms with E-state index in [4.69, 9.17) is 23.2 Å². The van der Waals surface area contributed by atoms with Crippen molar-refractivity contribution in [2.45, 2.75) is 25.6 Å². The highest BCUT2D eigenvalue weighted by atomic mass is 35.5. The van der Waals surface area contributed by atoms with Crippen molar-refractivity contribution in [3.05, 3.63) is 62.6 Å². The summed E-state index contributed by atoms with van der Waals surface area (Å²) in [7, 11) is 0. The fourth-order valence-corrected chi connectivity index (χ4v) is 4.07. The summed E-state index contributed by atoms with van der Waals surface area (Å²) >= 11 is 7.39. The van der Waals surface area contributed by atoms with Crippen LogP contribution in [0.5, 0.6) is 0 Å². The van der Waals surface area contributed by atoms with Crippen molar-refractivity contribution in [2.75, 3.05) is 11.6 Å². The Balaban J connectivity index is 1.90. The molecule has 1 aromatic carbocycles. The maximum atomic E-state index is 13.1. The van der Waals surface area contributed by atoms with Crippen molar-refractivity contribution in [1.29, 1.82) is 0 Å². The largest absolute Gasteiger partial charge is 0.417 e. The van der Waals surface area contributed by atoms with Crippen LogP contribution in [0.25, 0.3) is 0 Å². The van der Waals surface area contributed by atoms with Gasteiger partial charge < -0.3 is 10.6 Å². The summed E-state index contributed by atoms with van der Waals surface area (Å²) in [6, 6.07) is 4.59. The van der Waals surface area contributed by atoms with Gasteiger partial charge in [0.1, 0.15) is 0 Å². The summed E-state index contributed by atoms with van der Waals surface area (Å²) in [5.74, 6) is 5.54. The van der Waals surface area contributed by atoms with Gasteiger partial charge in [0.2, 0.25) is 0 Å². The minimum atomic E-state index is -4.65. The van der Waals surface area contributed by atoms with Crippen molar-refractivity contribution in [3.8, 4) is 0 Å². The number of alkyl halides is 3. The third kappa shape index (κ3) is 3.69. The lowest BCUT2D eigenvalue weighted by atomic mass is 10.0. The van der Waals surface area contributed by atoms with Crippen molar-refractivity contribution in [2.24, 2.45) is 11.6 Å². The van der Waals surface area contributed by atoms with Crippen LogP contribution in [0.15, 0.2) is 46.4 Å². The van der Waals surface area contributed by atoms with E-state index in [1.807, 2.05) is 16.8 Å². The predicted molar refractivity (Wildman–Crippen MR) is 104 cm³/mol. The SMILES string of the molecule is CC1C(N)=C(N(N)c2ccsc2)CCN1C(=O)c1cccc(C(F)(F)F)c1Cl. The van der Waals surface area contributed by atoms with Crippen LogP contribution >= 0.6 is 22.9 Å². The first-order chi connectivity index (χ1) is 13.1. The van der Waals surface area contributed by atoms with Crippen LogP contribution < -0.4 is 16.6 Å². The molecule has 0 aliphatic carbocycles. The molecule has 28 heavy (non-hydrogen) atoms. The number of nitrogens with zero attached hydrogens (tertiary/aromatic N) is 2. The highest BCUT2D eigenvalue weighted by molar-refractivity contribution is 7.08. The highest BCUT2D eigenvalue weighted by Gasteiger charge is 2.37. The van der Waals surface area contributed by atoms with Crippen LogP contribution in [0.4, 0.5) is 18.9 Å². The number of halogens is 4. The van der Waals surface area contributed by atoms with Gasteiger partial charge >= 0.3 is 6.18 Å². The molecule has 1 aliphatic rings. The monoisotopic (exact) mass is 430 g/mol. The summed E-state index contributed by atoms with van der Waals surface area (Å²) < 4.78 is 39.3. The van der Waals surface area contributed by atoms with Crippen LogP contribution in [0.3, 0.4) is 0 Å². The van der Waals surface area contributed by atoms with E-state index < -0.39 is 28.7 Å². The van der Waals surface area contributed by atoms with Gasteiger partial charge in [-0.15, -0.1) is 0 Å². The molecule has 2 heterocycles. The molecule has 0 bridgehead atoms. The van der Waals surface area contributed by atoms with E-state index in [-0.39, 0.29) is 12.1 Å². The second-order valence-corrected chi connectivity index (χ2v) is 7.50. The zero-order valence-corrected chi connectivity index (χ0v) is 16.4. The maximum absolute atomic E-state index is 13.1. The van der Waals surface area contributed by atoms with Gasteiger partial charge in [-0.2, -0.15) is 24.5 Å². The van der Waals surface area contributed by atoms with Crippen molar-refractivity contribution >= 4 is 34.5 Å². The number of hydrogen-bond donors (Lipinski definition) is 2. The smallest absolute Gasteiger partial charge is 0.399 e. The molecule has 0 spiro atoms. The minimum Gasteiger partial charge on any atom is -0.399 e. The molecule has 1 aliphatic heterocycles. The molecule has 0 radical (unpaired) electrons. The van der Waals surface area contributed by atoms with Crippen LogP contribution in [0, 0.1) is 0 Å². The Morgan fingerprint density at radius 3 is 2.68 bits per heavy atom. The summed E-state index contributed by atoms with van der Waals surface area (Å²) in [4.78, 5) is 14.3. The topological polar surface area (TPSA) is 75.6 Å². The Morgan fingerprint density at radius 1 is 1.36 bits per heavy atom. The fraction of sp³-hybridized carbons (Fsp3) is 0.278. The Labute approximate surface area is 168 Å². The molecule has 5 nitrogen and oxygen atoms in total. The molecule has 1 atom stereocenters. The van der Waals surface area contributed by atoms with Crippen LogP contribution in [0.2, 0.25) is 5.02 Å². The average molecular weight is 431 g/mol. The second kappa shape index (κ2) is 7.65. The number of benzene rings is 1. The molecule has 1 unspecified atom stereocenters. The number of thiophene rings is 1. The molecular weight excluding hydrogens is 413 g/mol. The highest BCUT2D eigenvalue weighted by Crippen LogP contribution is 2.37. The van der Waals surface area contributed by atoms with E-state index in [1.165, 1.54) is 33.4 Å². The molecule has 4 N–H and O–H groups in total.